The highest BCUT2D eigenvalue weighted by atomic mass is 35.5. The van der Waals surface area contributed by atoms with Crippen LogP contribution in [0, 0.1) is 5.92 Å². The van der Waals surface area contributed by atoms with Gasteiger partial charge in [-0.05, 0) is 31.8 Å². The third kappa shape index (κ3) is 5.10. The van der Waals surface area contributed by atoms with Crippen LogP contribution < -0.4 is 10.6 Å². The molecule has 0 unspecified atom stereocenters. The van der Waals surface area contributed by atoms with E-state index in [1.54, 1.807) is 0 Å². The summed E-state index contributed by atoms with van der Waals surface area (Å²) >= 11 is 1.95. The molecule has 2 aliphatic heterocycles. The number of hydrogen-bond donors (Lipinski definition) is 2. The standard InChI is InChI=1S/C14H27N3OS.ClH/c1-11(2)13(16-12-3-5-15-6-4-12)14(18)17-7-9-19-10-8-17;/h11-13,15-16H,3-10H2,1-2H3;1H/t13-;/m0./s1. The smallest absolute Gasteiger partial charge is 0.240 e. The number of amides is 1. The van der Waals surface area contributed by atoms with Crippen molar-refractivity contribution in [2.24, 2.45) is 5.92 Å². The van der Waals surface area contributed by atoms with E-state index in [9.17, 15) is 4.79 Å². The summed E-state index contributed by atoms with van der Waals surface area (Å²) in [5.74, 6) is 2.85. The Morgan fingerprint density at radius 1 is 1.25 bits per heavy atom. The summed E-state index contributed by atoms with van der Waals surface area (Å²) in [5.41, 5.74) is 0. The second-order valence-corrected chi connectivity index (χ2v) is 7.08. The third-order valence-electron chi connectivity index (χ3n) is 4.01. The lowest BCUT2D eigenvalue weighted by molar-refractivity contribution is -0.134. The lowest BCUT2D eigenvalue weighted by Gasteiger charge is -2.35. The van der Waals surface area contributed by atoms with E-state index in [1.165, 1.54) is 0 Å². The number of nitrogens with one attached hydrogen (secondary N) is 2. The summed E-state index contributed by atoms with van der Waals surface area (Å²) in [4.78, 5) is 14.7. The zero-order chi connectivity index (χ0) is 13.7. The minimum absolute atomic E-state index is 0. The molecule has 118 valence electrons. The summed E-state index contributed by atoms with van der Waals surface area (Å²) in [6.45, 7) is 8.26. The molecule has 0 bridgehead atoms. The Bertz CT molecular complexity index is 292. The molecule has 2 heterocycles. The van der Waals surface area contributed by atoms with Gasteiger partial charge in [0.1, 0.15) is 0 Å². The molecule has 0 radical (unpaired) electrons. The first-order valence-corrected chi connectivity index (χ1v) is 8.67. The topological polar surface area (TPSA) is 44.4 Å². The molecule has 0 aromatic carbocycles. The van der Waals surface area contributed by atoms with Gasteiger partial charge in [-0.1, -0.05) is 13.8 Å². The Morgan fingerprint density at radius 2 is 1.85 bits per heavy atom. The highest BCUT2D eigenvalue weighted by molar-refractivity contribution is 7.99. The molecule has 0 aromatic heterocycles. The summed E-state index contributed by atoms with van der Waals surface area (Å²) in [6, 6.07) is 0.489. The molecule has 2 fully saturated rings. The molecule has 1 atom stereocenters. The van der Waals surface area contributed by atoms with Crippen LogP contribution in [0.2, 0.25) is 0 Å². The molecule has 2 saturated heterocycles. The fourth-order valence-electron chi connectivity index (χ4n) is 2.77. The quantitative estimate of drug-likeness (QED) is 0.820. The highest BCUT2D eigenvalue weighted by Gasteiger charge is 2.30. The molecule has 0 aromatic rings. The van der Waals surface area contributed by atoms with Gasteiger partial charge in [-0.2, -0.15) is 11.8 Å². The number of piperidine rings is 1. The van der Waals surface area contributed by atoms with Gasteiger partial charge >= 0.3 is 0 Å². The molecule has 1 amide bonds. The van der Waals surface area contributed by atoms with E-state index in [1.807, 2.05) is 11.8 Å². The van der Waals surface area contributed by atoms with Crippen molar-refractivity contribution in [3.05, 3.63) is 0 Å². The van der Waals surface area contributed by atoms with Crippen LogP contribution in [0.5, 0.6) is 0 Å². The van der Waals surface area contributed by atoms with Crippen molar-refractivity contribution in [2.45, 2.75) is 38.8 Å². The number of thioether (sulfide) groups is 1. The maximum atomic E-state index is 12.7. The van der Waals surface area contributed by atoms with Crippen molar-refractivity contribution in [2.75, 3.05) is 37.7 Å². The van der Waals surface area contributed by atoms with Gasteiger partial charge in [0.2, 0.25) is 5.91 Å². The van der Waals surface area contributed by atoms with Crippen LogP contribution in [-0.2, 0) is 4.79 Å². The van der Waals surface area contributed by atoms with E-state index in [2.05, 4.69) is 29.4 Å². The second-order valence-electron chi connectivity index (χ2n) is 5.85. The van der Waals surface area contributed by atoms with Crippen LogP contribution in [0.4, 0.5) is 0 Å². The normalized spacial score (nSPS) is 22.4. The van der Waals surface area contributed by atoms with E-state index in [-0.39, 0.29) is 18.4 Å². The van der Waals surface area contributed by atoms with Crippen LogP contribution >= 0.6 is 24.2 Å². The summed E-state index contributed by atoms with van der Waals surface area (Å²) in [6.07, 6.45) is 2.26. The summed E-state index contributed by atoms with van der Waals surface area (Å²) < 4.78 is 0. The van der Waals surface area contributed by atoms with Crippen molar-refractivity contribution in [1.82, 2.24) is 15.5 Å². The fourth-order valence-corrected chi connectivity index (χ4v) is 3.67. The zero-order valence-electron chi connectivity index (χ0n) is 12.6. The van der Waals surface area contributed by atoms with Gasteiger partial charge in [0.25, 0.3) is 0 Å². The molecule has 6 heteroatoms. The molecular formula is C14H28ClN3OS. The van der Waals surface area contributed by atoms with Crippen LogP contribution in [-0.4, -0.2) is 60.6 Å². The molecule has 2 aliphatic rings. The van der Waals surface area contributed by atoms with Crippen LogP contribution in [0.1, 0.15) is 26.7 Å². The van der Waals surface area contributed by atoms with Crippen molar-refractivity contribution in [3.63, 3.8) is 0 Å². The minimum atomic E-state index is -0.00815. The number of hydrogen-bond acceptors (Lipinski definition) is 4. The van der Waals surface area contributed by atoms with Gasteiger partial charge in [0.15, 0.2) is 0 Å². The van der Waals surface area contributed by atoms with Crippen LogP contribution in [0.15, 0.2) is 0 Å². The van der Waals surface area contributed by atoms with Crippen molar-refractivity contribution in [1.29, 1.82) is 0 Å². The highest BCUT2D eigenvalue weighted by Crippen LogP contribution is 2.15. The number of carbonyl (C=O) groups excluding carboxylic acids is 1. The predicted molar refractivity (Wildman–Crippen MR) is 88.8 cm³/mol. The van der Waals surface area contributed by atoms with Gasteiger partial charge in [-0.15, -0.1) is 12.4 Å². The molecule has 0 spiro atoms. The number of halogens is 1. The van der Waals surface area contributed by atoms with Gasteiger partial charge in [-0.3, -0.25) is 4.79 Å². The first-order chi connectivity index (χ1) is 9.18. The molecule has 0 aliphatic carbocycles. The Hall–Kier alpha value is 0.0300. The largest absolute Gasteiger partial charge is 0.340 e. The molecule has 2 rings (SSSR count). The second kappa shape index (κ2) is 9.13. The van der Waals surface area contributed by atoms with E-state index in [4.69, 9.17) is 0 Å². The van der Waals surface area contributed by atoms with Gasteiger partial charge in [0.05, 0.1) is 6.04 Å². The average molecular weight is 322 g/mol. The maximum absolute atomic E-state index is 12.7. The Labute approximate surface area is 133 Å². The van der Waals surface area contributed by atoms with Gasteiger partial charge in [-0.25, -0.2) is 0 Å². The Kier molecular flexibility index (Phi) is 8.25. The third-order valence-corrected chi connectivity index (χ3v) is 4.95. The first-order valence-electron chi connectivity index (χ1n) is 7.52. The summed E-state index contributed by atoms with van der Waals surface area (Å²) in [5, 5.41) is 6.99. The number of rotatable bonds is 4. The maximum Gasteiger partial charge on any atom is 0.240 e. The lowest BCUT2D eigenvalue weighted by atomic mass is 9.98. The Morgan fingerprint density at radius 3 is 2.40 bits per heavy atom. The van der Waals surface area contributed by atoms with Crippen LogP contribution in [0.3, 0.4) is 0 Å². The van der Waals surface area contributed by atoms with E-state index < -0.39 is 0 Å². The lowest BCUT2D eigenvalue weighted by Crippen LogP contribution is -2.55. The average Bonchev–Trinajstić information content (AvgIpc) is 2.46. The number of nitrogens with zero attached hydrogens (tertiary/aromatic N) is 1. The zero-order valence-corrected chi connectivity index (χ0v) is 14.2. The van der Waals surface area contributed by atoms with Crippen molar-refractivity contribution < 1.29 is 4.79 Å². The fraction of sp³-hybridized carbons (Fsp3) is 0.929. The monoisotopic (exact) mass is 321 g/mol. The Balaban J connectivity index is 0.00000200. The van der Waals surface area contributed by atoms with Crippen LogP contribution in [0.25, 0.3) is 0 Å². The van der Waals surface area contributed by atoms with E-state index in [0.717, 1.165) is 50.5 Å². The molecule has 4 nitrogen and oxygen atoms in total. The molecule has 2 N–H and O–H groups in total. The van der Waals surface area contributed by atoms with Gasteiger partial charge in [0, 0.05) is 30.6 Å². The van der Waals surface area contributed by atoms with Gasteiger partial charge < -0.3 is 15.5 Å². The molecular weight excluding hydrogens is 294 g/mol. The van der Waals surface area contributed by atoms with Crippen molar-refractivity contribution >= 4 is 30.1 Å². The minimum Gasteiger partial charge on any atom is -0.340 e. The van der Waals surface area contributed by atoms with Crippen molar-refractivity contribution in [3.8, 4) is 0 Å². The van der Waals surface area contributed by atoms with E-state index in [0.29, 0.717) is 17.9 Å². The predicted octanol–water partition coefficient (Wildman–Crippen LogP) is 1.35. The SMILES string of the molecule is CC(C)[C@H](NC1CCNCC1)C(=O)N1CCSCC1.Cl. The number of carbonyl (C=O) groups is 1. The molecule has 0 saturated carbocycles. The summed E-state index contributed by atoms with van der Waals surface area (Å²) in [7, 11) is 0. The molecule has 20 heavy (non-hydrogen) atoms. The van der Waals surface area contributed by atoms with E-state index >= 15 is 0 Å². The first kappa shape index (κ1) is 18.1.